The summed E-state index contributed by atoms with van der Waals surface area (Å²) in [5, 5.41) is 2.77. The molecule has 1 aromatic rings. The maximum atomic E-state index is 12.7. The fourth-order valence-corrected chi connectivity index (χ4v) is 2.46. The Morgan fingerprint density at radius 1 is 1.42 bits per heavy atom. The van der Waals surface area contributed by atoms with Crippen LogP contribution in [-0.2, 0) is 4.79 Å². The van der Waals surface area contributed by atoms with Crippen LogP contribution in [0.25, 0.3) is 0 Å². The quantitative estimate of drug-likeness (QED) is 0.847. The summed E-state index contributed by atoms with van der Waals surface area (Å²) in [6.07, 6.45) is 2.14. The molecule has 104 valence electrons. The molecule has 5 heteroatoms. The number of anilines is 1. The highest BCUT2D eigenvalue weighted by atomic mass is 19.1. The number of hydrogen-bond acceptors (Lipinski definition) is 3. The molecule has 0 spiro atoms. The Labute approximate surface area is 112 Å². The van der Waals surface area contributed by atoms with Gasteiger partial charge in [-0.05, 0) is 56.1 Å². The summed E-state index contributed by atoms with van der Waals surface area (Å²) in [5.74, 6) is 0.255. The van der Waals surface area contributed by atoms with Gasteiger partial charge in [0.2, 0.25) is 5.91 Å². The highest BCUT2D eigenvalue weighted by molar-refractivity contribution is 5.92. The minimum absolute atomic E-state index is 0.0555. The van der Waals surface area contributed by atoms with Crippen molar-refractivity contribution in [3.8, 4) is 0 Å². The Kier molecular flexibility index (Phi) is 4.87. The van der Waals surface area contributed by atoms with Crippen molar-refractivity contribution in [3.05, 3.63) is 30.1 Å². The smallest absolute Gasteiger partial charge is 0.238 e. The van der Waals surface area contributed by atoms with Crippen LogP contribution < -0.4 is 11.1 Å². The number of halogens is 1. The molecule has 1 aliphatic rings. The molecule has 1 amide bonds. The molecule has 1 aromatic carbocycles. The number of likely N-dealkylation sites (tertiary alicyclic amines) is 1. The van der Waals surface area contributed by atoms with Crippen LogP contribution in [0.1, 0.15) is 12.8 Å². The van der Waals surface area contributed by atoms with E-state index >= 15 is 0 Å². The van der Waals surface area contributed by atoms with Gasteiger partial charge in [0.15, 0.2) is 0 Å². The van der Waals surface area contributed by atoms with E-state index in [1.54, 1.807) is 12.1 Å². The van der Waals surface area contributed by atoms with Gasteiger partial charge in [-0.25, -0.2) is 4.39 Å². The fourth-order valence-electron chi connectivity index (χ4n) is 2.46. The summed E-state index contributed by atoms with van der Waals surface area (Å²) in [7, 11) is 0. The third-order valence-corrected chi connectivity index (χ3v) is 3.44. The van der Waals surface area contributed by atoms with Crippen molar-refractivity contribution in [1.29, 1.82) is 0 Å². The molecule has 1 unspecified atom stereocenters. The monoisotopic (exact) mass is 265 g/mol. The van der Waals surface area contributed by atoms with Crippen molar-refractivity contribution in [2.75, 3.05) is 31.5 Å². The van der Waals surface area contributed by atoms with Gasteiger partial charge in [0.1, 0.15) is 5.82 Å². The Morgan fingerprint density at radius 2 is 2.16 bits per heavy atom. The van der Waals surface area contributed by atoms with Crippen molar-refractivity contribution < 1.29 is 9.18 Å². The number of nitrogens with zero attached hydrogens (tertiary/aromatic N) is 1. The second-order valence-electron chi connectivity index (χ2n) is 5.02. The van der Waals surface area contributed by atoms with Gasteiger partial charge in [0, 0.05) is 12.2 Å². The molecule has 4 nitrogen and oxygen atoms in total. The van der Waals surface area contributed by atoms with E-state index in [4.69, 9.17) is 5.73 Å². The van der Waals surface area contributed by atoms with Gasteiger partial charge in [-0.2, -0.15) is 0 Å². The third-order valence-electron chi connectivity index (χ3n) is 3.44. The van der Waals surface area contributed by atoms with E-state index in [0.29, 0.717) is 24.7 Å². The lowest BCUT2D eigenvalue weighted by molar-refractivity contribution is -0.117. The normalized spacial score (nSPS) is 19.6. The molecule has 1 fully saturated rings. The minimum Gasteiger partial charge on any atom is -0.330 e. The third kappa shape index (κ3) is 4.29. The summed E-state index contributed by atoms with van der Waals surface area (Å²) < 4.78 is 12.7. The lowest BCUT2D eigenvalue weighted by Crippen LogP contribution is -2.31. The zero-order valence-electron chi connectivity index (χ0n) is 10.9. The first-order valence-electron chi connectivity index (χ1n) is 6.65. The Morgan fingerprint density at radius 3 is 2.84 bits per heavy atom. The topological polar surface area (TPSA) is 58.4 Å². The van der Waals surface area contributed by atoms with E-state index in [9.17, 15) is 9.18 Å². The standard InChI is InChI=1S/C14H20FN3O/c15-12-1-3-13(4-2-12)17-14(19)10-18-8-6-11(9-18)5-7-16/h1-4,11H,5-10,16H2,(H,17,19). The van der Waals surface area contributed by atoms with Crippen LogP contribution >= 0.6 is 0 Å². The van der Waals surface area contributed by atoms with Crippen molar-refractivity contribution in [3.63, 3.8) is 0 Å². The zero-order valence-corrected chi connectivity index (χ0v) is 10.9. The van der Waals surface area contributed by atoms with Gasteiger partial charge in [-0.15, -0.1) is 0 Å². The van der Waals surface area contributed by atoms with Crippen LogP contribution in [0.4, 0.5) is 10.1 Å². The predicted octanol–water partition coefficient (Wildman–Crippen LogP) is 1.43. The lowest BCUT2D eigenvalue weighted by Gasteiger charge is -2.15. The van der Waals surface area contributed by atoms with E-state index in [1.807, 2.05) is 0 Å². The first-order valence-corrected chi connectivity index (χ1v) is 6.65. The van der Waals surface area contributed by atoms with Crippen molar-refractivity contribution in [1.82, 2.24) is 4.90 Å². The van der Waals surface area contributed by atoms with E-state index in [-0.39, 0.29) is 11.7 Å². The van der Waals surface area contributed by atoms with Crippen LogP contribution in [0, 0.1) is 11.7 Å². The average Bonchev–Trinajstić information content (AvgIpc) is 2.80. The number of carbonyl (C=O) groups is 1. The molecule has 1 saturated heterocycles. The molecular formula is C14H20FN3O. The van der Waals surface area contributed by atoms with Crippen LogP contribution in [0.3, 0.4) is 0 Å². The summed E-state index contributed by atoms with van der Waals surface area (Å²) in [5.41, 5.74) is 6.17. The fraction of sp³-hybridized carbons (Fsp3) is 0.500. The van der Waals surface area contributed by atoms with E-state index in [2.05, 4.69) is 10.2 Å². The minimum atomic E-state index is -0.304. The van der Waals surface area contributed by atoms with Gasteiger partial charge < -0.3 is 11.1 Å². The molecule has 3 N–H and O–H groups in total. The number of carbonyl (C=O) groups excluding carboxylic acids is 1. The molecule has 1 aliphatic heterocycles. The van der Waals surface area contributed by atoms with Crippen LogP contribution in [0.5, 0.6) is 0 Å². The first-order chi connectivity index (χ1) is 9.17. The van der Waals surface area contributed by atoms with Crippen molar-refractivity contribution in [2.24, 2.45) is 11.7 Å². The van der Waals surface area contributed by atoms with Crippen molar-refractivity contribution in [2.45, 2.75) is 12.8 Å². The van der Waals surface area contributed by atoms with Crippen LogP contribution in [-0.4, -0.2) is 37.0 Å². The molecular weight excluding hydrogens is 245 g/mol. The summed E-state index contributed by atoms with van der Waals surface area (Å²) in [6.45, 7) is 2.98. The highest BCUT2D eigenvalue weighted by Crippen LogP contribution is 2.18. The lowest BCUT2D eigenvalue weighted by atomic mass is 10.1. The number of hydrogen-bond donors (Lipinski definition) is 2. The molecule has 1 atom stereocenters. The number of amides is 1. The van der Waals surface area contributed by atoms with E-state index in [0.717, 1.165) is 25.9 Å². The maximum Gasteiger partial charge on any atom is 0.238 e. The molecule has 1 heterocycles. The molecule has 0 bridgehead atoms. The Hall–Kier alpha value is -1.46. The molecule has 0 aliphatic carbocycles. The van der Waals surface area contributed by atoms with Gasteiger partial charge >= 0.3 is 0 Å². The van der Waals surface area contributed by atoms with Gasteiger partial charge in [-0.1, -0.05) is 0 Å². The van der Waals surface area contributed by atoms with E-state index in [1.165, 1.54) is 12.1 Å². The summed E-state index contributed by atoms with van der Waals surface area (Å²) in [6, 6.07) is 5.80. The highest BCUT2D eigenvalue weighted by Gasteiger charge is 2.23. The Balaban J connectivity index is 1.77. The molecule has 0 aromatic heterocycles. The molecule has 2 rings (SSSR count). The largest absolute Gasteiger partial charge is 0.330 e. The zero-order chi connectivity index (χ0) is 13.7. The second kappa shape index (κ2) is 6.63. The molecule has 0 saturated carbocycles. The van der Waals surface area contributed by atoms with Gasteiger partial charge in [-0.3, -0.25) is 9.69 Å². The van der Waals surface area contributed by atoms with Crippen LogP contribution in [0.2, 0.25) is 0 Å². The number of rotatable bonds is 5. The number of nitrogens with two attached hydrogens (primary N) is 1. The number of nitrogens with one attached hydrogen (secondary N) is 1. The predicted molar refractivity (Wildman–Crippen MR) is 73.2 cm³/mol. The van der Waals surface area contributed by atoms with E-state index < -0.39 is 0 Å². The number of benzene rings is 1. The molecule has 19 heavy (non-hydrogen) atoms. The van der Waals surface area contributed by atoms with Crippen molar-refractivity contribution >= 4 is 11.6 Å². The first kappa shape index (κ1) is 14.0. The molecule has 0 radical (unpaired) electrons. The SMILES string of the molecule is NCCC1CCN(CC(=O)Nc2ccc(F)cc2)C1. The van der Waals surface area contributed by atoms with Gasteiger partial charge in [0.05, 0.1) is 6.54 Å². The summed E-state index contributed by atoms with van der Waals surface area (Å²) in [4.78, 5) is 14.0. The maximum absolute atomic E-state index is 12.7. The average molecular weight is 265 g/mol. The Bertz CT molecular complexity index is 421. The summed E-state index contributed by atoms with van der Waals surface area (Å²) >= 11 is 0. The van der Waals surface area contributed by atoms with Gasteiger partial charge in [0.25, 0.3) is 0 Å². The second-order valence-corrected chi connectivity index (χ2v) is 5.02. The van der Waals surface area contributed by atoms with Crippen LogP contribution in [0.15, 0.2) is 24.3 Å².